The monoisotopic (exact) mass is 559 g/mol. The van der Waals surface area contributed by atoms with E-state index in [1.54, 1.807) is 0 Å². The van der Waals surface area contributed by atoms with Gasteiger partial charge in [0.1, 0.15) is 0 Å². The van der Waals surface area contributed by atoms with E-state index < -0.39 is 0 Å². The van der Waals surface area contributed by atoms with Crippen LogP contribution in [0.25, 0.3) is 22.3 Å². The Morgan fingerprint density at radius 2 is 1.14 bits per heavy atom. The van der Waals surface area contributed by atoms with E-state index in [1.807, 2.05) is 11.8 Å². The van der Waals surface area contributed by atoms with Gasteiger partial charge in [0, 0.05) is 10.6 Å². The maximum Gasteiger partial charge on any atom is 0.0726 e. The summed E-state index contributed by atoms with van der Waals surface area (Å²) in [5.74, 6) is 0. The number of aryl methyl sites for hydroxylation is 3. The van der Waals surface area contributed by atoms with Crippen LogP contribution in [-0.4, -0.2) is 11.3 Å². The lowest BCUT2D eigenvalue weighted by molar-refractivity contribution is 0.747. The number of allylic oxidation sites excluding steroid dienone is 4. The second-order valence-electron chi connectivity index (χ2n) is 12.6. The lowest BCUT2D eigenvalue weighted by Crippen LogP contribution is -2.45. The van der Waals surface area contributed by atoms with Crippen LogP contribution in [-0.2, 0) is 5.41 Å². The van der Waals surface area contributed by atoms with Gasteiger partial charge < -0.3 is 4.90 Å². The van der Waals surface area contributed by atoms with Gasteiger partial charge in [0.15, 0.2) is 0 Å². The Labute approximate surface area is 253 Å². The fourth-order valence-corrected chi connectivity index (χ4v) is 9.54. The number of rotatable bonds is 1. The first-order valence-corrected chi connectivity index (χ1v) is 16.1. The van der Waals surface area contributed by atoms with Crippen molar-refractivity contribution in [2.75, 3.05) is 4.90 Å². The molecule has 2 atom stereocenters. The van der Waals surface area contributed by atoms with Crippen molar-refractivity contribution in [3.05, 3.63) is 159 Å². The molecular weight excluding hydrogens is 527 g/mol. The predicted octanol–water partition coefficient (Wildman–Crippen LogP) is 9.93. The number of nitrogens with zero attached hydrogens (tertiary/aromatic N) is 1. The van der Waals surface area contributed by atoms with E-state index in [9.17, 15) is 0 Å². The Morgan fingerprint density at radius 1 is 0.619 bits per heavy atom. The van der Waals surface area contributed by atoms with Crippen LogP contribution in [0.15, 0.2) is 120 Å². The summed E-state index contributed by atoms with van der Waals surface area (Å²) in [6, 6.07) is 29.0. The molecule has 0 radical (unpaired) electrons. The molecule has 0 saturated carbocycles. The summed E-state index contributed by atoms with van der Waals surface area (Å²) in [4.78, 5) is 4.07. The SMILES string of the molecule is Cc1ccc2c(c1)C1(c3cc(C)ccc3-2)c2cc(C)ccc2-c2ccc(N3C4=CCCC=C4SC4C=CC=CC43)cc21. The summed E-state index contributed by atoms with van der Waals surface area (Å²) in [5.41, 5.74) is 17.5. The van der Waals surface area contributed by atoms with Crippen molar-refractivity contribution >= 4 is 17.4 Å². The van der Waals surface area contributed by atoms with E-state index in [0.717, 1.165) is 12.8 Å². The van der Waals surface area contributed by atoms with E-state index in [2.05, 4.69) is 135 Å². The topological polar surface area (TPSA) is 3.24 Å². The Hall–Kier alpha value is -4.01. The van der Waals surface area contributed by atoms with Crippen molar-refractivity contribution < 1.29 is 0 Å². The summed E-state index contributed by atoms with van der Waals surface area (Å²) in [6.45, 7) is 6.72. The average Bonchev–Trinajstić information content (AvgIpc) is 3.45. The van der Waals surface area contributed by atoms with Crippen molar-refractivity contribution in [3.63, 3.8) is 0 Å². The highest BCUT2D eigenvalue weighted by Crippen LogP contribution is 2.64. The zero-order chi connectivity index (χ0) is 28.2. The zero-order valence-electron chi connectivity index (χ0n) is 24.3. The molecule has 1 spiro atoms. The van der Waals surface area contributed by atoms with E-state index in [1.165, 1.54) is 77.5 Å². The minimum atomic E-state index is -0.332. The number of hydrogen-bond acceptors (Lipinski definition) is 2. The maximum absolute atomic E-state index is 2.64. The van der Waals surface area contributed by atoms with Crippen LogP contribution in [0.4, 0.5) is 5.69 Å². The largest absolute Gasteiger partial charge is 0.332 e. The van der Waals surface area contributed by atoms with E-state index in [4.69, 9.17) is 0 Å². The van der Waals surface area contributed by atoms with Gasteiger partial charge in [0.2, 0.25) is 0 Å². The average molecular weight is 560 g/mol. The smallest absolute Gasteiger partial charge is 0.0726 e. The van der Waals surface area contributed by atoms with Gasteiger partial charge in [-0.3, -0.25) is 0 Å². The first-order chi connectivity index (χ1) is 20.5. The molecule has 9 rings (SSSR count). The maximum atomic E-state index is 2.64. The molecule has 4 aliphatic carbocycles. The lowest BCUT2D eigenvalue weighted by Gasteiger charge is -2.45. The van der Waals surface area contributed by atoms with Gasteiger partial charge in [-0.15, -0.1) is 11.8 Å². The van der Waals surface area contributed by atoms with Crippen LogP contribution in [0.3, 0.4) is 0 Å². The van der Waals surface area contributed by atoms with Gasteiger partial charge in [-0.05, 0) is 90.3 Å². The summed E-state index contributed by atoms with van der Waals surface area (Å²) in [7, 11) is 0. The third-order valence-electron chi connectivity index (χ3n) is 9.97. The van der Waals surface area contributed by atoms with E-state index >= 15 is 0 Å². The molecule has 4 aromatic carbocycles. The molecule has 1 fully saturated rings. The lowest BCUT2D eigenvalue weighted by atomic mass is 9.70. The molecule has 1 nitrogen and oxygen atoms in total. The van der Waals surface area contributed by atoms with Crippen LogP contribution in [0, 0.1) is 20.8 Å². The van der Waals surface area contributed by atoms with Crippen molar-refractivity contribution in [2.24, 2.45) is 0 Å². The molecule has 0 aromatic heterocycles. The van der Waals surface area contributed by atoms with Gasteiger partial charge in [0.25, 0.3) is 0 Å². The number of hydrogen-bond donors (Lipinski definition) is 0. The van der Waals surface area contributed by atoms with Crippen molar-refractivity contribution in [3.8, 4) is 22.3 Å². The van der Waals surface area contributed by atoms with Crippen LogP contribution < -0.4 is 4.90 Å². The molecule has 1 saturated heterocycles. The van der Waals surface area contributed by atoms with E-state index in [-0.39, 0.29) is 5.41 Å². The van der Waals surface area contributed by atoms with Crippen LogP contribution in [0.5, 0.6) is 0 Å². The molecule has 204 valence electrons. The molecule has 0 bridgehead atoms. The molecule has 0 amide bonds. The summed E-state index contributed by atoms with van der Waals surface area (Å²) >= 11 is 2.03. The molecule has 0 N–H and O–H groups in total. The molecule has 1 heterocycles. The second-order valence-corrected chi connectivity index (χ2v) is 13.8. The van der Waals surface area contributed by atoms with Gasteiger partial charge in [-0.25, -0.2) is 0 Å². The standard InChI is InChI=1S/C40H33NS/c1-24-12-16-28-29-17-13-25(2)21-33(29)40(32(28)20-24)34-22-26(3)14-18-30(34)31-19-15-27(23-35(31)40)41-36-8-4-6-10-38(36)42-39-11-7-5-9-37(39)41/h4,6,8-23,36,38H,5,7H2,1-3H3. The van der Waals surface area contributed by atoms with Crippen LogP contribution in [0.1, 0.15) is 51.8 Å². The third kappa shape index (κ3) is 3.17. The predicted molar refractivity (Wildman–Crippen MR) is 178 cm³/mol. The van der Waals surface area contributed by atoms with Crippen LogP contribution in [0.2, 0.25) is 0 Å². The van der Waals surface area contributed by atoms with Gasteiger partial charge >= 0.3 is 0 Å². The minimum absolute atomic E-state index is 0.300. The quantitative estimate of drug-likeness (QED) is 0.197. The molecule has 42 heavy (non-hydrogen) atoms. The number of fused-ring (bicyclic) bond motifs is 12. The highest BCUT2D eigenvalue weighted by atomic mass is 32.2. The van der Waals surface area contributed by atoms with E-state index in [0.29, 0.717) is 11.3 Å². The van der Waals surface area contributed by atoms with Gasteiger partial charge in [-0.1, -0.05) is 114 Å². The fourth-order valence-electron chi connectivity index (χ4n) is 8.21. The number of thioether (sulfide) groups is 1. The number of anilines is 1. The first-order valence-electron chi connectivity index (χ1n) is 15.2. The van der Waals surface area contributed by atoms with Crippen LogP contribution >= 0.6 is 11.8 Å². The van der Waals surface area contributed by atoms with Gasteiger partial charge in [0.05, 0.1) is 22.4 Å². The first kappa shape index (κ1) is 24.6. The van der Waals surface area contributed by atoms with Gasteiger partial charge in [-0.2, -0.15) is 0 Å². The minimum Gasteiger partial charge on any atom is -0.332 e. The Kier molecular flexibility index (Phi) is 5.12. The van der Waals surface area contributed by atoms with Crippen molar-refractivity contribution in [1.82, 2.24) is 0 Å². The second kappa shape index (κ2) is 8.75. The highest BCUT2D eigenvalue weighted by molar-refractivity contribution is 8.04. The summed E-state index contributed by atoms with van der Waals surface area (Å²) < 4.78 is 0. The molecule has 5 aliphatic rings. The summed E-state index contributed by atoms with van der Waals surface area (Å²) in [6.07, 6.45) is 16.4. The Balaban J connectivity index is 1.36. The summed E-state index contributed by atoms with van der Waals surface area (Å²) in [5, 5.41) is 0.414. The van der Waals surface area contributed by atoms with Crippen molar-refractivity contribution in [1.29, 1.82) is 0 Å². The molecule has 1 aliphatic heterocycles. The number of benzene rings is 4. The van der Waals surface area contributed by atoms with Crippen molar-refractivity contribution in [2.45, 2.75) is 50.3 Å². The molecule has 2 heteroatoms. The normalized spacial score (nSPS) is 21.6. The molecule has 4 aromatic rings. The fraction of sp³-hybridized carbons (Fsp3) is 0.200. The highest BCUT2D eigenvalue weighted by Gasteiger charge is 2.52. The molecular formula is C40H33NS. The zero-order valence-corrected chi connectivity index (χ0v) is 25.1. The third-order valence-corrected chi connectivity index (χ3v) is 11.3. The Bertz CT molecular complexity index is 1890. The Morgan fingerprint density at radius 3 is 1.76 bits per heavy atom. The molecule has 2 unspecified atom stereocenters.